The van der Waals surface area contributed by atoms with E-state index in [2.05, 4.69) is 15.6 Å². The lowest BCUT2D eigenvalue weighted by molar-refractivity contribution is -0.116. The summed E-state index contributed by atoms with van der Waals surface area (Å²) in [6, 6.07) is 7.48. The Morgan fingerprint density at radius 2 is 1.97 bits per heavy atom. The van der Waals surface area contributed by atoms with Crippen molar-refractivity contribution in [3.05, 3.63) is 41.6 Å². The standard InChI is InChI=1S/C25H31N3O5/c1-16-7-9-18(21-22(16)31-15-25(21)11-12-25)32-20-10-8-17(14-27-20)28-19(29)6-5-13-26-23(30)33-24(2,3)4/h7-10,14H,5-6,11-13,15H2,1-4H3,(H,26,30)(H,28,29). The lowest BCUT2D eigenvalue weighted by atomic mass is 9.95. The van der Waals surface area contributed by atoms with E-state index in [1.165, 1.54) is 0 Å². The molecule has 0 bridgehead atoms. The van der Waals surface area contributed by atoms with E-state index in [-0.39, 0.29) is 17.7 Å². The lowest BCUT2D eigenvalue weighted by Gasteiger charge is -2.19. The van der Waals surface area contributed by atoms with Crippen LogP contribution in [-0.2, 0) is 14.9 Å². The van der Waals surface area contributed by atoms with Crippen molar-refractivity contribution in [3.63, 3.8) is 0 Å². The van der Waals surface area contributed by atoms with Crippen molar-refractivity contribution in [2.45, 2.75) is 64.4 Å². The maximum atomic E-state index is 12.2. The Hall–Kier alpha value is -3.29. The molecular weight excluding hydrogens is 422 g/mol. The second-order valence-corrected chi connectivity index (χ2v) is 9.72. The number of benzene rings is 1. The van der Waals surface area contributed by atoms with Gasteiger partial charge in [-0.1, -0.05) is 6.07 Å². The van der Waals surface area contributed by atoms with E-state index < -0.39 is 11.7 Å². The summed E-state index contributed by atoms with van der Waals surface area (Å²) in [5.41, 5.74) is 2.42. The molecule has 8 nitrogen and oxygen atoms in total. The second kappa shape index (κ2) is 8.92. The summed E-state index contributed by atoms with van der Waals surface area (Å²) >= 11 is 0. The van der Waals surface area contributed by atoms with Gasteiger partial charge in [-0.05, 0) is 64.7 Å². The molecule has 2 heterocycles. The van der Waals surface area contributed by atoms with Crippen LogP contribution in [0.15, 0.2) is 30.5 Å². The summed E-state index contributed by atoms with van der Waals surface area (Å²) in [5.74, 6) is 2.03. The van der Waals surface area contributed by atoms with E-state index >= 15 is 0 Å². The van der Waals surface area contributed by atoms with Gasteiger partial charge < -0.3 is 24.8 Å². The van der Waals surface area contributed by atoms with Crippen molar-refractivity contribution in [2.75, 3.05) is 18.5 Å². The zero-order valence-corrected chi connectivity index (χ0v) is 19.6. The number of nitrogens with zero attached hydrogens (tertiary/aromatic N) is 1. The van der Waals surface area contributed by atoms with Gasteiger partial charge in [0.15, 0.2) is 0 Å². The molecule has 1 fully saturated rings. The highest BCUT2D eigenvalue weighted by atomic mass is 16.6. The molecule has 0 unspecified atom stereocenters. The van der Waals surface area contributed by atoms with Crippen molar-refractivity contribution in [2.24, 2.45) is 0 Å². The fourth-order valence-electron chi connectivity index (χ4n) is 3.87. The number of carbonyl (C=O) groups excluding carboxylic acids is 2. The number of aryl methyl sites for hydroxylation is 1. The number of rotatable bonds is 7. The fraction of sp³-hybridized carbons (Fsp3) is 0.480. The third kappa shape index (κ3) is 5.56. The molecule has 4 rings (SSSR count). The van der Waals surface area contributed by atoms with Gasteiger partial charge in [0.05, 0.1) is 18.5 Å². The summed E-state index contributed by atoms with van der Waals surface area (Å²) in [6.07, 6.45) is 4.09. The molecule has 1 aliphatic carbocycles. The molecule has 2 aliphatic rings. The topological polar surface area (TPSA) is 98.8 Å². The molecule has 1 saturated carbocycles. The number of nitrogens with one attached hydrogen (secondary N) is 2. The molecule has 0 atom stereocenters. The normalized spacial score (nSPS) is 15.4. The lowest BCUT2D eigenvalue weighted by Crippen LogP contribution is -2.33. The molecule has 2 amide bonds. The van der Waals surface area contributed by atoms with E-state index in [0.29, 0.717) is 24.5 Å². The highest BCUT2D eigenvalue weighted by Gasteiger charge is 2.53. The number of ether oxygens (including phenoxy) is 3. The summed E-state index contributed by atoms with van der Waals surface area (Å²) in [4.78, 5) is 28.1. The van der Waals surface area contributed by atoms with Crippen LogP contribution < -0.4 is 20.1 Å². The quantitative estimate of drug-likeness (QED) is 0.582. The molecule has 2 aromatic rings. The van der Waals surface area contributed by atoms with Gasteiger partial charge in [-0.3, -0.25) is 4.79 Å². The maximum absolute atomic E-state index is 12.2. The van der Waals surface area contributed by atoms with Gasteiger partial charge in [-0.25, -0.2) is 9.78 Å². The van der Waals surface area contributed by atoms with E-state index in [9.17, 15) is 9.59 Å². The van der Waals surface area contributed by atoms with Crippen LogP contribution in [0.5, 0.6) is 17.4 Å². The first-order valence-corrected chi connectivity index (χ1v) is 11.3. The molecule has 0 saturated heterocycles. The minimum absolute atomic E-state index is 0.100. The van der Waals surface area contributed by atoms with E-state index in [1.807, 2.05) is 19.1 Å². The Labute approximate surface area is 194 Å². The Morgan fingerprint density at radius 1 is 1.18 bits per heavy atom. The van der Waals surface area contributed by atoms with Gasteiger partial charge >= 0.3 is 6.09 Å². The molecule has 1 aromatic carbocycles. The first-order chi connectivity index (χ1) is 15.7. The van der Waals surface area contributed by atoms with Crippen LogP contribution in [0.2, 0.25) is 0 Å². The molecule has 1 spiro atoms. The van der Waals surface area contributed by atoms with Crippen LogP contribution in [0.4, 0.5) is 10.5 Å². The fourth-order valence-corrected chi connectivity index (χ4v) is 3.87. The zero-order valence-electron chi connectivity index (χ0n) is 19.6. The summed E-state index contributed by atoms with van der Waals surface area (Å²) in [6.45, 7) is 8.53. The van der Waals surface area contributed by atoms with Crippen LogP contribution in [0.3, 0.4) is 0 Å². The van der Waals surface area contributed by atoms with E-state index in [4.69, 9.17) is 14.2 Å². The van der Waals surface area contributed by atoms with Gasteiger partial charge in [-0.2, -0.15) is 0 Å². The van der Waals surface area contributed by atoms with Crippen molar-refractivity contribution >= 4 is 17.7 Å². The molecule has 0 radical (unpaired) electrons. The highest BCUT2D eigenvalue weighted by Crippen LogP contribution is 2.59. The third-order valence-electron chi connectivity index (χ3n) is 5.68. The molecular formula is C25H31N3O5. The predicted molar refractivity (Wildman–Crippen MR) is 124 cm³/mol. The van der Waals surface area contributed by atoms with Crippen LogP contribution >= 0.6 is 0 Å². The average Bonchev–Trinajstić information content (AvgIpc) is 3.41. The van der Waals surface area contributed by atoms with Crippen LogP contribution in [0, 0.1) is 6.92 Å². The van der Waals surface area contributed by atoms with Crippen molar-refractivity contribution in [3.8, 4) is 17.4 Å². The number of carbonyl (C=O) groups is 2. The van der Waals surface area contributed by atoms with Crippen LogP contribution in [0.25, 0.3) is 0 Å². The van der Waals surface area contributed by atoms with Crippen LogP contribution in [-0.4, -0.2) is 35.7 Å². The number of fused-ring (bicyclic) bond motifs is 2. The average molecular weight is 454 g/mol. The van der Waals surface area contributed by atoms with Crippen molar-refractivity contribution in [1.82, 2.24) is 10.3 Å². The molecule has 8 heteroatoms. The molecule has 1 aliphatic heterocycles. The SMILES string of the molecule is Cc1ccc(Oc2ccc(NC(=O)CCCNC(=O)OC(C)(C)C)cn2)c2c1OCC21CC1. The number of amides is 2. The molecule has 2 N–H and O–H groups in total. The largest absolute Gasteiger partial charge is 0.492 e. The minimum atomic E-state index is -0.545. The van der Waals surface area contributed by atoms with Crippen molar-refractivity contribution < 1.29 is 23.8 Å². The Bertz CT molecular complexity index is 1040. The van der Waals surface area contributed by atoms with Gasteiger partial charge in [0.1, 0.15) is 17.1 Å². The molecule has 33 heavy (non-hydrogen) atoms. The highest BCUT2D eigenvalue weighted by molar-refractivity contribution is 5.90. The number of hydrogen-bond acceptors (Lipinski definition) is 6. The van der Waals surface area contributed by atoms with Crippen molar-refractivity contribution in [1.29, 1.82) is 0 Å². The van der Waals surface area contributed by atoms with Gasteiger partial charge in [0, 0.05) is 30.0 Å². The molecule has 1 aromatic heterocycles. The Balaban J connectivity index is 1.26. The Kier molecular flexibility index (Phi) is 6.19. The number of anilines is 1. The molecule has 176 valence electrons. The maximum Gasteiger partial charge on any atom is 0.407 e. The summed E-state index contributed by atoms with van der Waals surface area (Å²) in [5, 5.41) is 5.45. The third-order valence-corrected chi connectivity index (χ3v) is 5.68. The Morgan fingerprint density at radius 3 is 2.64 bits per heavy atom. The van der Waals surface area contributed by atoms with E-state index in [1.54, 1.807) is 39.1 Å². The van der Waals surface area contributed by atoms with Gasteiger partial charge in [0.25, 0.3) is 0 Å². The first kappa shape index (κ1) is 22.9. The number of pyridine rings is 1. The second-order valence-electron chi connectivity index (χ2n) is 9.72. The number of hydrogen-bond donors (Lipinski definition) is 2. The minimum Gasteiger partial charge on any atom is -0.492 e. The monoisotopic (exact) mass is 453 g/mol. The smallest absolute Gasteiger partial charge is 0.407 e. The number of alkyl carbamates (subject to hydrolysis) is 1. The summed E-state index contributed by atoms with van der Waals surface area (Å²) < 4.78 is 17.2. The first-order valence-electron chi connectivity index (χ1n) is 11.3. The van der Waals surface area contributed by atoms with E-state index in [0.717, 1.165) is 42.1 Å². The number of aromatic nitrogens is 1. The zero-order chi connectivity index (χ0) is 23.6. The predicted octanol–water partition coefficient (Wildman–Crippen LogP) is 4.85. The van der Waals surface area contributed by atoms with Gasteiger partial charge in [0.2, 0.25) is 11.8 Å². The summed E-state index contributed by atoms with van der Waals surface area (Å²) in [7, 11) is 0. The van der Waals surface area contributed by atoms with Gasteiger partial charge in [-0.15, -0.1) is 0 Å². The van der Waals surface area contributed by atoms with Crippen LogP contribution in [0.1, 0.15) is 57.6 Å².